The van der Waals surface area contributed by atoms with Crippen molar-refractivity contribution in [2.24, 2.45) is 5.10 Å². The molecule has 0 spiro atoms. The van der Waals surface area contributed by atoms with Crippen molar-refractivity contribution in [2.45, 2.75) is 6.92 Å². The maximum absolute atomic E-state index is 12.4. The van der Waals surface area contributed by atoms with Gasteiger partial charge in [-0.2, -0.15) is 5.10 Å². The number of rotatable bonds is 6. The van der Waals surface area contributed by atoms with Gasteiger partial charge in [-0.1, -0.05) is 41.4 Å². The Balaban J connectivity index is 1.68. The lowest BCUT2D eigenvalue weighted by atomic mass is 10.1. The molecule has 0 saturated carbocycles. The summed E-state index contributed by atoms with van der Waals surface area (Å²) < 4.78 is 10.7. The zero-order valence-electron chi connectivity index (χ0n) is 16.4. The minimum atomic E-state index is -0.592. The fourth-order valence-electron chi connectivity index (χ4n) is 2.57. The standard InChI is InChI=1S/C23H19ClN2O4/c1-15-7-10-17(11-8-15)22(27)26-25-14-16-9-12-20(21(13-16)29-2)30-23(28)18-5-3-4-6-19(18)24/h3-14H,1-2H3,(H,26,27). The van der Waals surface area contributed by atoms with Crippen LogP contribution >= 0.6 is 11.6 Å². The van der Waals surface area contributed by atoms with Crippen LogP contribution in [0.3, 0.4) is 0 Å². The first-order chi connectivity index (χ1) is 14.5. The molecule has 1 amide bonds. The highest BCUT2D eigenvalue weighted by atomic mass is 35.5. The number of benzene rings is 3. The Labute approximate surface area is 179 Å². The number of nitrogens with zero attached hydrogens (tertiary/aromatic N) is 1. The molecule has 152 valence electrons. The van der Waals surface area contributed by atoms with Gasteiger partial charge in [0.15, 0.2) is 11.5 Å². The number of amides is 1. The molecule has 0 fully saturated rings. The summed E-state index contributed by atoms with van der Waals surface area (Å²) in [5, 5.41) is 4.26. The van der Waals surface area contributed by atoms with Crippen molar-refractivity contribution in [1.29, 1.82) is 0 Å². The van der Waals surface area contributed by atoms with Gasteiger partial charge in [0.25, 0.3) is 5.91 Å². The van der Waals surface area contributed by atoms with Crippen molar-refractivity contribution in [1.82, 2.24) is 5.43 Å². The summed E-state index contributed by atoms with van der Waals surface area (Å²) in [7, 11) is 1.46. The molecule has 0 aliphatic heterocycles. The molecule has 3 rings (SSSR count). The minimum Gasteiger partial charge on any atom is -0.493 e. The van der Waals surface area contributed by atoms with Crippen molar-refractivity contribution in [3.8, 4) is 11.5 Å². The van der Waals surface area contributed by atoms with Crippen molar-refractivity contribution in [3.05, 3.63) is 94.0 Å². The summed E-state index contributed by atoms with van der Waals surface area (Å²) in [5.74, 6) is -0.332. The van der Waals surface area contributed by atoms with E-state index in [2.05, 4.69) is 10.5 Å². The summed E-state index contributed by atoms with van der Waals surface area (Å²) in [6, 6.07) is 18.7. The van der Waals surface area contributed by atoms with Gasteiger partial charge >= 0.3 is 5.97 Å². The Morgan fingerprint density at radius 2 is 1.73 bits per heavy atom. The molecule has 30 heavy (non-hydrogen) atoms. The SMILES string of the molecule is COc1cc(C=NNC(=O)c2ccc(C)cc2)ccc1OC(=O)c1ccccc1Cl. The number of esters is 1. The smallest absolute Gasteiger partial charge is 0.345 e. The fourth-order valence-corrected chi connectivity index (χ4v) is 2.78. The van der Waals surface area contributed by atoms with Crippen LogP contribution in [-0.2, 0) is 0 Å². The normalized spacial score (nSPS) is 10.6. The molecule has 0 unspecified atom stereocenters. The van der Waals surface area contributed by atoms with Gasteiger partial charge in [0.05, 0.1) is 23.9 Å². The summed E-state index contributed by atoms with van der Waals surface area (Å²) >= 11 is 6.03. The Bertz CT molecular complexity index is 1090. The third kappa shape index (κ3) is 5.24. The van der Waals surface area contributed by atoms with Crippen LogP contribution in [0.5, 0.6) is 11.5 Å². The van der Waals surface area contributed by atoms with Crippen molar-refractivity contribution >= 4 is 29.7 Å². The lowest BCUT2D eigenvalue weighted by molar-refractivity contribution is 0.0729. The first-order valence-corrected chi connectivity index (χ1v) is 9.40. The number of hydrazone groups is 1. The van der Waals surface area contributed by atoms with Crippen molar-refractivity contribution < 1.29 is 19.1 Å². The second-order valence-electron chi connectivity index (χ2n) is 6.34. The van der Waals surface area contributed by atoms with Gasteiger partial charge in [0.2, 0.25) is 0 Å². The predicted octanol–water partition coefficient (Wildman–Crippen LogP) is 4.64. The molecule has 0 saturated heterocycles. The van der Waals surface area contributed by atoms with E-state index in [0.717, 1.165) is 5.56 Å². The van der Waals surface area contributed by atoms with E-state index in [1.807, 2.05) is 19.1 Å². The van der Waals surface area contributed by atoms with Crippen LogP contribution in [-0.4, -0.2) is 25.2 Å². The van der Waals surface area contributed by atoms with E-state index in [-0.39, 0.29) is 17.2 Å². The number of nitrogens with one attached hydrogen (secondary N) is 1. The lowest BCUT2D eigenvalue weighted by Crippen LogP contribution is -2.17. The highest BCUT2D eigenvalue weighted by Crippen LogP contribution is 2.29. The summed E-state index contributed by atoms with van der Waals surface area (Å²) in [4.78, 5) is 24.4. The van der Waals surface area contributed by atoms with E-state index < -0.39 is 5.97 Å². The first-order valence-electron chi connectivity index (χ1n) is 9.03. The van der Waals surface area contributed by atoms with Crippen LogP contribution < -0.4 is 14.9 Å². The molecule has 0 aromatic heterocycles. The molecule has 6 nitrogen and oxygen atoms in total. The zero-order valence-corrected chi connectivity index (χ0v) is 17.1. The molecule has 7 heteroatoms. The summed E-state index contributed by atoms with van der Waals surface area (Å²) in [5.41, 5.74) is 4.95. The highest BCUT2D eigenvalue weighted by Gasteiger charge is 2.15. The van der Waals surface area contributed by atoms with Crippen LogP contribution in [0.15, 0.2) is 71.8 Å². The minimum absolute atomic E-state index is 0.239. The van der Waals surface area contributed by atoms with Gasteiger partial charge in [-0.05, 0) is 55.0 Å². The Hall–Kier alpha value is -3.64. The number of halogens is 1. The first kappa shape index (κ1) is 21.1. The molecule has 1 N–H and O–H groups in total. The second kappa shape index (κ2) is 9.71. The molecule has 0 aliphatic rings. The maximum atomic E-state index is 12.4. The molecule has 0 aliphatic carbocycles. The average Bonchev–Trinajstić information content (AvgIpc) is 2.75. The number of methoxy groups -OCH3 is 1. The molecule has 0 atom stereocenters. The van der Waals surface area contributed by atoms with Gasteiger partial charge in [-0.25, -0.2) is 10.2 Å². The van der Waals surface area contributed by atoms with E-state index in [1.54, 1.807) is 54.6 Å². The topological polar surface area (TPSA) is 77.0 Å². The van der Waals surface area contributed by atoms with Crippen LogP contribution in [0.25, 0.3) is 0 Å². The number of aryl methyl sites for hydroxylation is 1. The Morgan fingerprint density at radius 3 is 2.43 bits per heavy atom. The average molecular weight is 423 g/mol. The lowest BCUT2D eigenvalue weighted by Gasteiger charge is -2.10. The number of ether oxygens (including phenoxy) is 2. The van der Waals surface area contributed by atoms with E-state index in [4.69, 9.17) is 21.1 Å². The molecule has 0 heterocycles. The molecule has 0 bridgehead atoms. The van der Waals surface area contributed by atoms with Crippen molar-refractivity contribution in [3.63, 3.8) is 0 Å². The van der Waals surface area contributed by atoms with Gasteiger partial charge in [0.1, 0.15) is 0 Å². The van der Waals surface area contributed by atoms with E-state index in [0.29, 0.717) is 21.9 Å². The maximum Gasteiger partial charge on any atom is 0.345 e. The van der Waals surface area contributed by atoms with Crippen molar-refractivity contribution in [2.75, 3.05) is 7.11 Å². The second-order valence-corrected chi connectivity index (χ2v) is 6.75. The summed E-state index contributed by atoms with van der Waals surface area (Å²) in [6.45, 7) is 1.95. The van der Waals surface area contributed by atoms with Gasteiger partial charge in [-0.15, -0.1) is 0 Å². The molecule has 3 aromatic carbocycles. The van der Waals surface area contributed by atoms with E-state index in [1.165, 1.54) is 13.3 Å². The number of hydrogen-bond donors (Lipinski definition) is 1. The van der Waals surface area contributed by atoms with Crippen LogP contribution in [0.2, 0.25) is 5.02 Å². The third-order valence-electron chi connectivity index (χ3n) is 4.18. The van der Waals surface area contributed by atoms with E-state index in [9.17, 15) is 9.59 Å². The van der Waals surface area contributed by atoms with Gasteiger partial charge < -0.3 is 9.47 Å². The molecular weight excluding hydrogens is 404 g/mol. The quantitative estimate of drug-likeness (QED) is 0.272. The largest absolute Gasteiger partial charge is 0.493 e. The Morgan fingerprint density at radius 1 is 1.00 bits per heavy atom. The van der Waals surface area contributed by atoms with Gasteiger partial charge in [0, 0.05) is 5.56 Å². The molecule has 3 aromatic rings. The highest BCUT2D eigenvalue weighted by molar-refractivity contribution is 6.33. The zero-order chi connectivity index (χ0) is 21.5. The fraction of sp³-hybridized carbons (Fsp3) is 0.0870. The predicted molar refractivity (Wildman–Crippen MR) is 116 cm³/mol. The van der Waals surface area contributed by atoms with Crippen LogP contribution in [0.4, 0.5) is 0 Å². The monoisotopic (exact) mass is 422 g/mol. The molecular formula is C23H19ClN2O4. The number of carbonyl (C=O) groups is 2. The van der Waals surface area contributed by atoms with Gasteiger partial charge in [-0.3, -0.25) is 4.79 Å². The van der Waals surface area contributed by atoms with Crippen LogP contribution in [0.1, 0.15) is 31.8 Å². The summed E-state index contributed by atoms with van der Waals surface area (Å²) in [6.07, 6.45) is 1.47. The molecule has 0 radical (unpaired) electrons. The number of carbonyl (C=O) groups excluding carboxylic acids is 2. The van der Waals surface area contributed by atoms with E-state index >= 15 is 0 Å². The Kier molecular flexibility index (Phi) is 6.83. The number of hydrogen-bond acceptors (Lipinski definition) is 5. The van der Waals surface area contributed by atoms with Crippen LogP contribution in [0, 0.1) is 6.92 Å². The third-order valence-corrected chi connectivity index (χ3v) is 4.51.